The SMILES string of the molecule is Nc1nc(Cl)cc(N2CCCC(Nn3ncc4ccccc43)C2)n1. The van der Waals surface area contributed by atoms with Crippen LogP contribution in [-0.4, -0.2) is 39.0 Å². The number of halogens is 1. The van der Waals surface area contributed by atoms with Crippen molar-refractivity contribution in [3.8, 4) is 0 Å². The van der Waals surface area contributed by atoms with E-state index in [9.17, 15) is 0 Å². The lowest BCUT2D eigenvalue weighted by Crippen LogP contribution is -2.45. The van der Waals surface area contributed by atoms with Crippen LogP contribution in [-0.2, 0) is 0 Å². The van der Waals surface area contributed by atoms with Crippen LogP contribution in [0.25, 0.3) is 10.9 Å². The summed E-state index contributed by atoms with van der Waals surface area (Å²) in [5.74, 6) is 0.968. The molecule has 124 valence electrons. The molecule has 24 heavy (non-hydrogen) atoms. The molecule has 8 heteroatoms. The lowest BCUT2D eigenvalue weighted by molar-refractivity contribution is 0.487. The summed E-state index contributed by atoms with van der Waals surface area (Å²) in [5, 5.41) is 5.92. The quantitative estimate of drug-likeness (QED) is 0.710. The fourth-order valence-electron chi connectivity index (χ4n) is 3.12. The van der Waals surface area contributed by atoms with E-state index in [0.29, 0.717) is 5.15 Å². The molecule has 2 aromatic heterocycles. The van der Waals surface area contributed by atoms with E-state index in [1.807, 2.05) is 23.1 Å². The van der Waals surface area contributed by atoms with Gasteiger partial charge in [0.25, 0.3) is 0 Å². The summed E-state index contributed by atoms with van der Waals surface area (Å²) in [7, 11) is 0. The molecule has 1 atom stereocenters. The highest BCUT2D eigenvalue weighted by atomic mass is 35.5. The van der Waals surface area contributed by atoms with Crippen LogP contribution < -0.4 is 16.1 Å². The van der Waals surface area contributed by atoms with Crippen LogP contribution in [0.5, 0.6) is 0 Å². The van der Waals surface area contributed by atoms with Gasteiger partial charge in [-0.25, -0.2) is 4.98 Å². The van der Waals surface area contributed by atoms with Crippen molar-refractivity contribution in [3.63, 3.8) is 0 Å². The monoisotopic (exact) mass is 343 g/mol. The van der Waals surface area contributed by atoms with Gasteiger partial charge in [-0.05, 0) is 18.9 Å². The summed E-state index contributed by atoms with van der Waals surface area (Å²) in [6.07, 6.45) is 3.99. The average Bonchev–Trinajstić information content (AvgIpc) is 2.97. The topological polar surface area (TPSA) is 84.9 Å². The van der Waals surface area contributed by atoms with Crippen molar-refractivity contribution in [2.24, 2.45) is 0 Å². The Labute approximate surface area is 144 Å². The van der Waals surface area contributed by atoms with E-state index in [0.717, 1.165) is 42.7 Å². The molecule has 0 bridgehead atoms. The van der Waals surface area contributed by atoms with Crippen LogP contribution in [0.3, 0.4) is 0 Å². The van der Waals surface area contributed by atoms with E-state index in [2.05, 4.69) is 37.5 Å². The summed E-state index contributed by atoms with van der Waals surface area (Å²) in [6.45, 7) is 1.73. The van der Waals surface area contributed by atoms with E-state index in [-0.39, 0.29) is 12.0 Å². The summed E-state index contributed by atoms with van der Waals surface area (Å²) in [4.78, 5) is 12.2. The van der Waals surface area contributed by atoms with Crippen LogP contribution in [0, 0.1) is 0 Å². The highest BCUT2D eigenvalue weighted by Gasteiger charge is 2.22. The first kappa shape index (κ1) is 15.0. The molecule has 0 saturated carbocycles. The van der Waals surface area contributed by atoms with E-state index >= 15 is 0 Å². The van der Waals surface area contributed by atoms with Gasteiger partial charge in [-0.2, -0.15) is 14.9 Å². The Bertz CT molecular complexity index is 842. The van der Waals surface area contributed by atoms with Crippen molar-refractivity contribution in [3.05, 3.63) is 41.7 Å². The number of nitrogens with zero attached hydrogens (tertiary/aromatic N) is 5. The highest BCUT2D eigenvalue weighted by molar-refractivity contribution is 6.29. The summed E-state index contributed by atoms with van der Waals surface area (Å²) in [5.41, 5.74) is 10.3. The number of nitrogen functional groups attached to an aromatic ring is 1. The van der Waals surface area contributed by atoms with Crippen molar-refractivity contribution < 1.29 is 0 Å². The Kier molecular flexibility index (Phi) is 3.86. The van der Waals surface area contributed by atoms with Gasteiger partial charge in [-0.15, -0.1) is 0 Å². The highest BCUT2D eigenvalue weighted by Crippen LogP contribution is 2.22. The summed E-state index contributed by atoms with van der Waals surface area (Å²) in [6, 6.07) is 10.2. The zero-order valence-corrected chi connectivity index (χ0v) is 13.8. The van der Waals surface area contributed by atoms with Crippen molar-refractivity contribution in [2.75, 3.05) is 29.1 Å². The number of rotatable bonds is 3. The van der Waals surface area contributed by atoms with E-state index in [1.54, 1.807) is 6.07 Å². The summed E-state index contributed by atoms with van der Waals surface area (Å²) >= 11 is 6.00. The molecule has 1 aliphatic heterocycles. The second-order valence-electron chi connectivity index (χ2n) is 5.94. The molecule has 3 heterocycles. The zero-order chi connectivity index (χ0) is 16.5. The van der Waals surface area contributed by atoms with Gasteiger partial charge in [0.15, 0.2) is 0 Å². The average molecular weight is 344 g/mol. The third kappa shape index (κ3) is 2.94. The fraction of sp³-hybridized carbons (Fsp3) is 0.312. The number of piperidine rings is 1. The third-order valence-corrected chi connectivity index (χ3v) is 4.42. The molecule has 3 N–H and O–H groups in total. The fourth-order valence-corrected chi connectivity index (χ4v) is 3.31. The molecule has 1 aliphatic rings. The van der Waals surface area contributed by atoms with Gasteiger partial charge in [0, 0.05) is 24.5 Å². The predicted octanol–water partition coefficient (Wildman–Crippen LogP) is 2.27. The van der Waals surface area contributed by atoms with E-state index in [1.165, 1.54) is 0 Å². The second kappa shape index (κ2) is 6.16. The number of hydrogen-bond acceptors (Lipinski definition) is 6. The van der Waals surface area contributed by atoms with Gasteiger partial charge in [0.05, 0.1) is 17.8 Å². The van der Waals surface area contributed by atoms with Crippen LogP contribution >= 0.6 is 11.6 Å². The minimum absolute atomic E-state index is 0.200. The van der Waals surface area contributed by atoms with Crippen molar-refractivity contribution in [1.82, 2.24) is 19.9 Å². The molecule has 1 unspecified atom stereocenters. The van der Waals surface area contributed by atoms with Gasteiger partial charge < -0.3 is 16.1 Å². The molecule has 0 amide bonds. The zero-order valence-electron chi connectivity index (χ0n) is 13.1. The Morgan fingerprint density at radius 2 is 2.12 bits per heavy atom. The standard InChI is InChI=1S/C16H18ClN7/c17-14-8-15(21-16(18)20-14)23-7-3-5-12(10-23)22-24-13-6-2-1-4-11(13)9-19-24/h1-2,4,6,8-9,12,22H,3,5,7,10H2,(H2,18,20,21). The van der Waals surface area contributed by atoms with Gasteiger partial charge in [0.2, 0.25) is 5.95 Å². The number of aromatic nitrogens is 4. The molecular formula is C16H18ClN7. The first-order valence-corrected chi connectivity index (χ1v) is 8.31. The number of benzene rings is 1. The maximum atomic E-state index is 6.00. The molecule has 0 spiro atoms. The van der Waals surface area contributed by atoms with Crippen LogP contribution in [0.1, 0.15) is 12.8 Å². The van der Waals surface area contributed by atoms with Crippen molar-refractivity contribution in [1.29, 1.82) is 0 Å². The molecular weight excluding hydrogens is 326 g/mol. The van der Waals surface area contributed by atoms with E-state index < -0.39 is 0 Å². The normalized spacial score (nSPS) is 18.0. The largest absolute Gasteiger partial charge is 0.368 e. The third-order valence-electron chi connectivity index (χ3n) is 4.23. The van der Waals surface area contributed by atoms with Crippen LogP contribution in [0.2, 0.25) is 5.15 Å². The predicted molar refractivity (Wildman–Crippen MR) is 95.8 cm³/mol. The lowest BCUT2D eigenvalue weighted by atomic mass is 10.1. The Balaban J connectivity index is 1.52. The van der Waals surface area contributed by atoms with Gasteiger partial charge in [0.1, 0.15) is 11.0 Å². The molecule has 1 fully saturated rings. The Hall–Kier alpha value is -2.54. The van der Waals surface area contributed by atoms with Crippen LogP contribution in [0.15, 0.2) is 36.5 Å². The number of para-hydroxylation sites is 1. The minimum atomic E-state index is 0.200. The smallest absolute Gasteiger partial charge is 0.223 e. The Morgan fingerprint density at radius 1 is 1.25 bits per heavy atom. The molecule has 1 aromatic carbocycles. The summed E-state index contributed by atoms with van der Waals surface area (Å²) < 4.78 is 0. The molecule has 7 nitrogen and oxygen atoms in total. The first-order chi connectivity index (χ1) is 11.7. The number of fused-ring (bicyclic) bond motifs is 1. The maximum Gasteiger partial charge on any atom is 0.223 e. The van der Waals surface area contributed by atoms with Crippen molar-refractivity contribution >= 4 is 34.3 Å². The van der Waals surface area contributed by atoms with Gasteiger partial charge >= 0.3 is 0 Å². The lowest BCUT2D eigenvalue weighted by Gasteiger charge is -2.34. The van der Waals surface area contributed by atoms with Crippen molar-refractivity contribution in [2.45, 2.75) is 18.9 Å². The number of nitrogens with two attached hydrogens (primary N) is 1. The number of nitrogens with one attached hydrogen (secondary N) is 1. The molecule has 3 aromatic rings. The minimum Gasteiger partial charge on any atom is -0.368 e. The number of hydrogen-bond donors (Lipinski definition) is 2. The maximum absolute atomic E-state index is 6.00. The molecule has 0 aliphatic carbocycles. The first-order valence-electron chi connectivity index (χ1n) is 7.93. The molecule has 1 saturated heterocycles. The van der Waals surface area contributed by atoms with Crippen LogP contribution in [0.4, 0.5) is 11.8 Å². The molecule has 0 radical (unpaired) electrons. The number of anilines is 2. The molecule has 4 rings (SSSR count). The second-order valence-corrected chi connectivity index (χ2v) is 6.32. The Morgan fingerprint density at radius 3 is 3.00 bits per heavy atom. The van der Waals surface area contributed by atoms with Gasteiger partial charge in [-0.1, -0.05) is 29.8 Å². The van der Waals surface area contributed by atoms with Gasteiger partial charge in [-0.3, -0.25) is 0 Å². The van der Waals surface area contributed by atoms with E-state index in [4.69, 9.17) is 17.3 Å².